The molecular weight excluding hydrogens is 270 g/mol. The van der Waals surface area contributed by atoms with E-state index in [2.05, 4.69) is 26.1 Å². The van der Waals surface area contributed by atoms with Crippen LogP contribution in [0.3, 0.4) is 0 Å². The van der Waals surface area contributed by atoms with Crippen molar-refractivity contribution in [3.63, 3.8) is 0 Å². The van der Waals surface area contributed by atoms with Crippen LogP contribution in [-0.2, 0) is 9.84 Å². The Bertz CT molecular complexity index is 370. The summed E-state index contributed by atoms with van der Waals surface area (Å²) in [5, 5.41) is 3.64. The van der Waals surface area contributed by atoms with Crippen LogP contribution in [0.1, 0.15) is 65.7 Å². The molecule has 1 saturated carbocycles. The van der Waals surface area contributed by atoms with Gasteiger partial charge in [-0.25, -0.2) is 8.42 Å². The number of hydrogen-bond donors (Lipinski definition) is 1. The highest BCUT2D eigenvalue weighted by molar-refractivity contribution is 7.90. The van der Waals surface area contributed by atoms with Gasteiger partial charge in [0.05, 0.1) is 0 Å². The molecule has 0 aliphatic heterocycles. The van der Waals surface area contributed by atoms with E-state index in [0.717, 1.165) is 25.3 Å². The lowest BCUT2D eigenvalue weighted by atomic mass is 9.84. The second-order valence-corrected chi connectivity index (χ2v) is 9.82. The van der Waals surface area contributed by atoms with Gasteiger partial charge in [0.15, 0.2) is 0 Å². The van der Waals surface area contributed by atoms with Crippen molar-refractivity contribution in [2.24, 2.45) is 11.8 Å². The molecule has 1 aliphatic carbocycles. The van der Waals surface area contributed by atoms with E-state index in [-0.39, 0.29) is 5.54 Å². The molecule has 0 radical (unpaired) electrons. The van der Waals surface area contributed by atoms with Gasteiger partial charge in [0.1, 0.15) is 9.84 Å². The van der Waals surface area contributed by atoms with E-state index < -0.39 is 9.84 Å². The number of rotatable bonds is 6. The van der Waals surface area contributed by atoms with Crippen LogP contribution < -0.4 is 5.32 Å². The molecule has 20 heavy (non-hydrogen) atoms. The van der Waals surface area contributed by atoms with Crippen molar-refractivity contribution in [3.05, 3.63) is 0 Å². The van der Waals surface area contributed by atoms with Crippen LogP contribution in [0.15, 0.2) is 0 Å². The van der Waals surface area contributed by atoms with E-state index in [1.165, 1.54) is 38.4 Å². The van der Waals surface area contributed by atoms with Crippen LogP contribution >= 0.6 is 0 Å². The summed E-state index contributed by atoms with van der Waals surface area (Å²) in [4.78, 5) is 0. The van der Waals surface area contributed by atoms with E-state index in [4.69, 9.17) is 0 Å². The fourth-order valence-electron chi connectivity index (χ4n) is 3.15. The Balaban J connectivity index is 2.48. The average Bonchev–Trinajstić information content (AvgIpc) is 2.49. The molecule has 0 aromatic heterocycles. The molecule has 2 atom stereocenters. The van der Waals surface area contributed by atoms with Crippen molar-refractivity contribution in [2.45, 2.75) is 71.3 Å². The summed E-state index contributed by atoms with van der Waals surface area (Å²) < 4.78 is 22.5. The molecule has 4 heteroatoms. The van der Waals surface area contributed by atoms with Gasteiger partial charge in [-0.2, -0.15) is 0 Å². The Morgan fingerprint density at radius 1 is 1.05 bits per heavy atom. The predicted molar refractivity (Wildman–Crippen MR) is 86.8 cm³/mol. The summed E-state index contributed by atoms with van der Waals surface area (Å²) in [6.07, 6.45) is 9.81. The van der Waals surface area contributed by atoms with Gasteiger partial charge in [0.25, 0.3) is 0 Å². The Morgan fingerprint density at radius 3 is 2.20 bits per heavy atom. The first-order valence-electron chi connectivity index (χ1n) is 8.10. The number of sulfone groups is 1. The van der Waals surface area contributed by atoms with Crippen LogP contribution in [0, 0.1) is 11.8 Å². The first-order valence-corrected chi connectivity index (χ1v) is 10.2. The largest absolute Gasteiger partial charge is 0.312 e. The Labute approximate surface area is 125 Å². The number of nitrogens with one attached hydrogen (secondary N) is 1. The summed E-state index contributed by atoms with van der Waals surface area (Å²) in [6.45, 7) is 7.71. The fraction of sp³-hybridized carbons (Fsp3) is 1.00. The second-order valence-electron chi connectivity index (χ2n) is 7.56. The van der Waals surface area contributed by atoms with Gasteiger partial charge in [-0.15, -0.1) is 0 Å². The lowest BCUT2D eigenvalue weighted by molar-refractivity contribution is 0.258. The molecular formula is C16H33NO2S. The topological polar surface area (TPSA) is 46.2 Å². The highest BCUT2D eigenvalue weighted by Crippen LogP contribution is 2.32. The first-order chi connectivity index (χ1) is 9.17. The van der Waals surface area contributed by atoms with Crippen molar-refractivity contribution in [1.82, 2.24) is 5.32 Å². The van der Waals surface area contributed by atoms with Gasteiger partial charge in [0.2, 0.25) is 0 Å². The summed E-state index contributed by atoms with van der Waals surface area (Å²) in [6, 6.07) is 0. The quantitative estimate of drug-likeness (QED) is 0.765. The van der Waals surface area contributed by atoms with Gasteiger partial charge in [-0.05, 0) is 58.4 Å². The van der Waals surface area contributed by atoms with Gasteiger partial charge in [-0.3, -0.25) is 0 Å². The first kappa shape index (κ1) is 18.0. The minimum absolute atomic E-state index is 0.170. The fourth-order valence-corrected chi connectivity index (χ4v) is 3.85. The van der Waals surface area contributed by atoms with Gasteiger partial charge in [0, 0.05) is 17.5 Å². The normalized spacial score (nSPS) is 25.4. The Morgan fingerprint density at radius 2 is 1.65 bits per heavy atom. The highest BCUT2D eigenvalue weighted by atomic mass is 32.2. The monoisotopic (exact) mass is 303 g/mol. The lowest BCUT2D eigenvalue weighted by Gasteiger charge is -2.29. The zero-order chi connectivity index (χ0) is 15.2. The number of hydrogen-bond acceptors (Lipinski definition) is 3. The lowest BCUT2D eigenvalue weighted by Crippen LogP contribution is -2.40. The molecule has 2 unspecified atom stereocenters. The second kappa shape index (κ2) is 7.79. The SMILES string of the molecule is CC(C)(C)NCC1CCCCCC1CCCS(C)(=O)=O. The van der Waals surface area contributed by atoms with Crippen LogP contribution in [0.25, 0.3) is 0 Å². The summed E-state index contributed by atoms with van der Waals surface area (Å²) >= 11 is 0. The van der Waals surface area contributed by atoms with Crippen LogP contribution in [-0.4, -0.2) is 32.5 Å². The maximum absolute atomic E-state index is 11.3. The third kappa shape index (κ3) is 8.25. The molecule has 1 fully saturated rings. The van der Waals surface area contributed by atoms with Crippen molar-refractivity contribution in [2.75, 3.05) is 18.6 Å². The van der Waals surface area contributed by atoms with E-state index in [1.54, 1.807) is 0 Å². The van der Waals surface area contributed by atoms with E-state index in [9.17, 15) is 8.42 Å². The molecule has 120 valence electrons. The zero-order valence-electron chi connectivity index (χ0n) is 13.7. The molecule has 1 N–H and O–H groups in total. The molecule has 0 amide bonds. The Hall–Kier alpha value is -0.0900. The van der Waals surface area contributed by atoms with Gasteiger partial charge >= 0.3 is 0 Å². The molecule has 0 aromatic rings. The van der Waals surface area contributed by atoms with Gasteiger partial charge in [-0.1, -0.05) is 25.7 Å². The third-order valence-corrected chi connectivity index (χ3v) is 5.33. The molecule has 0 bridgehead atoms. The standard InChI is InChI=1S/C16H33NO2S/c1-16(2,3)17-13-15-10-7-5-6-9-14(15)11-8-12-20(4,18)19/h14-15,17H,5-13H2,1-4H3. The van der Waals surface area contributed by atoms with Gasteiger partial charge < -0.3 is 5.32 Å². The van der Waals surface area contributed by atoms with E-state index in [1.807, 2.05) is 0 Å². The minimum atomic E-state index is -2.80. The molecule has 3 nitrogen and oxygen atoms in total. The third-order valence-electron chi connectivity index (χ3n) is 4.30. The highest BCUT2D eigenvalue weighted by Gasteiger charge is 2.25. The summed E-state index contributed by atoms with van der Waals surface area (Å²) in [5.74, 6) is 1.77. The average molecular weight is 304 g/mol. The molecule has 0 spiro atoms. The van der Waals surface area contributed by atoms with Crippen molar-refractivity contribution < 1.29 is 8.42 Å². The predicted octanol–water partition coefficient (Wildman–Crippen LogP) is 3.40. The van der Waals surface area contributed by atoms with Crippen LogP contribution in [0.2, 0.25) is 0 Å². The molecule has 0 saturated heterocycles. The maximum Gasteiger partial charge on any atom is 0.147 e. The van der Waals surface area contributed by atoms with Crippen molar-refractivity contribution >= 4 is 9.84 Å². The summed E-state index contributed by atoms with van der Waals surface area (Å²) in [5.41, 5.74) is 0.170. The van der Waals surface area contributed by atoms with Crippen LogP contribution in [0.5, 0.6) is 0 Å². The molecule has 0 aromatic carbocycles. The molecule has 0 heterocycles. The Kier molecular flexibility index (Phi) is 6.99. The molecule has 1 rings (SSSR count). The summed E-state index contributed by atoms with van der Waals surface area (Å²) in [7, 11) is -2.80. The molecule has 1 aliphatic rings. The minimum Gasteiger partial charge on any atom is -0.312 e. The van der Waals surface area contributed by atoms with Crippen molar-refractivity contribution in [1.29, 1.82) is 0 Å². The van der Waals surface area contributed by atoms with Crippen LogP contribution in [0.4, 0.5) is 0 Å². The zero-order valence-corrected chi connectivity index (χ0v) is 14.6. The van der Waals surface area contributed by atoms with E-state index in [0.29, 0.717) is 11.7 Å². The maximum atomic E-state index is 11.3. The van der Waals surface area contributed by atoms with E-state index >= 15 is 0 Å². The smallest absolute Gasteiger partial charge is 0.147 e. The van der Waals surface area contributed by atoms with Crippen molar-refractivity contribution in [3.8, 4) is 0 Å².